The van der Waals surface area contributed by atoms with Gasteiger partial charge in [-0.25, -0.2) is 9.97 Å². The number of rotatable bonds is 8. The van der Waals surface area contributed by atoms with Crippen LogP contribution in [0.25, 0.3) is 10.8 Å². The minimum Gasteiger partial charge on any atom is -0.377 e. The van der Waals surface area contributed by atoms with Gasteiger partial charge in [0.25, 0.3) is 11.8 Å². The Balaban J connectivity index is 1.49. The standard InChI is InChI=1S/C25H26N6O2/c1-30(2)22-11-10-20(18-7-3-4-8-19(18)22)24(32)29-21-9-5-12-27-23(21)25(33)28-13-6-15-31-16-14-26-17-31/h3-5,7-12,14,16-17H,6,13,15H2,1-2H3,(H,28,33)(H,29,32). The van der Waals surface area contributed by atoms with Crippen LogP contribution in [0.1, 0.15) is 27.3 Å². The lowest BCUT2D eigenvalue weighted by Gasteiger charge is -2.17. The number of carbonyl (C=O) groups is 2. The Labute approximate surface area is 192 Å². The normalized spacial score (nSPS) is 10.7. The van der Waals surface area contributed by atoms with Crippen LogP contribution in [0.2, 0.25) is 0 Å². The molecular weight excluding hydrogens is 416 g/mol. The van der Waals surface area contributed by atoms with Gasteiger partial charge in [-0.15, -0.1) is 0 Å². The summed E-state index contributed by atoms with van der Waals surface area (Å²) in [5.41, 5.74) is 2.11. The maximum absolute atomic E-state index is 13.2. The molecule has 0 bridgehead atoms. The molecule has 4 rings (SSSR count). The van der Waals surface area contributed by atoms with Crippen LogP contribution in [0.4, 0.5) is 11.4 Å². The summed E-state index contributed by atoms with van der Waals surface area (Å²) in [6.07, 6.45) is 7.63. The van der Waals surface area contributed by atoms with E-state index in [-0.39, 0.29) is 17.5 Å². The first kappa shape index (κ1) is 22.0. The Kier molecular flexibility index (Phi) is 6.64. The zero-order chi connectivity index (χ0) is 23.2. The molecule has 168 valence electrons. The van der Waals surface area contributed by atoms with Crippen LogP contribution in [0.5, 0.6) is 0 Å². The van der Waals surface area contributed by atoms with Gasteiger partial charge < -0.3 is 20.1 Å². The van der Waals surface area contributed by atoms with E-state index in [0.717, 1.165) is 29.4 Å². The van der Waals surface area contributed by atoms with Crippen molar-refractivity contribution in [3.63, 3.8) is 0 Å². The number of pyridine rings is 1. The zero-order valence-corrected chi connectivity index (χ0v) is 18.7. The first-order valence-electron chi connectivity index (χ1n) is 10.7. The first-order chi connectivity index (χ1) is 16.0. The van der Waals surface area contributed by atoms with Gasteiger partial charge in [-0.2, -0.15) is 0 Å². The minimum absolute atomic E-state index is 0.183. The zero-order valence-electron chi connectivity index (χ0n) is 18.7. The summed E-state index contributed by atoms with van der Waals surface area (Å²) in [6.45, 7) is 1.24. The smallest absolute Gasteiger partial charge is 0.272 e. The number of nitrogens with zero attached hydrogens (tertiary/aromatic N) is 4. The van der Waals surface area contributed by atoms with Crippen LogP contribution in [0, 0.1) is 0 Å². The van der Waals surface area contributed by atoms with Crippen molar-refractivity contribution in [2.75, 3.05) is 30.9 Å². The van der Waals surface area contributed by atoms with E-state index in [0.29, 0.717) is 17.8 Å². The van der Waals surface area contributed by atoms with E-state index in [1.165, 1.54) is 6.20 Å². The SMILES string of the molecule is CN(C)c1ccc(C(=O)Nc2cccnc2C(=O)NCCCn2ccnc2)c2ccccc12. The number of fused-ring (bicyclic) bond motifs is 1. The van der Waals surface area contributed by atoms with Crippen molar-refractivity contribution in [1.29, 1.82) is 0 Å². The van der Waals surface area contributed by atoms with Crippen molar-refractivity contribution < 1.29 is 9.59 Å². The number of imidazole rings is 1. The lowest BCUT2D eigenvalue weighted by Crippen LogP contribution is -2.27. The molecule has 0 aliphatic heterocycles. The highest BCUT2D eigenvalue weighted by Crippen LogP contribution is 2.29. The van der Waals surface area contributed by atoms with Crippen molar-refractivity contribution >= 4 is 34.0 Å². The number of aromatic nitrogens is 3. The number of hydrogen-bond acceptors (Lipinski definition) is 5. The van der Waals surface area contributed by atoms with Crippen LogP contribution >= 0.6 is 0 Å². The molecule has 2 aromatic heterocycles. The Morgan fingerprint density at radius 1 is 0.970 bits per heavy atom. The second kappa shape index (κ2) is 9.95. The molecule has 0 spiro atoms. The van der Waals surface area contributed by atoms with E-state index in [2.05, 4.69) is 20.6 Å². The van der Waals surface area contributed by atoms with Crippen LogP contribution in [-0.2, 0) is 6.54 Å². The summed E-state index contributed by atoms with van der Waals surface area (Å²) in [5, 5.41) is 7.57. The van der Waals surface area contributed by atoms with Crippen molar-refractivity contribution in [1.82, 2.24) is 19.9 Å². The third kappa shape index (κ3) is 5.01. The Morgan fingerprint density at radius 2 is 1.79 bits per heavy atom. The lowest BCUT2D eigenvalue weighted by molar-refractivity contribution is 0.0948. The van der Waals surface area contributed by atoms with Gasteiger partial charge in [0.1, 0.15) is 0 Å². The second-order valence-electron chi connectivity index (χ2n) is 7.84. The highest BCUT2D eigenvalue weighted by molar-refractivity contribution is 6.16. The maximum Gasteiger partial charge on any atom is 0.272 e. The van der Waals surface area contributed by atoms with E-state index in [1.54, 1.807) is 30.7 Å². The Hall–Kier alpha value is -4.20. The molecule has 0 unspecified atom stereocenters. The highest BCUT2D eigenvalue weighted by Gasteiger charge is 2.18. The van der Waals surface area contributed by atoms with Gasteiger partial charge in [0.05, 0.1) is 12.0 Å². The molecule has 2 N–H and O–H groups in total. The van der Waals surface area contributed by atoms with E-state index in [9.17, 15) is 9.59 Å². The largest absolute Gasteiger partial charge is 0.377 e. The fourth-order valence-electron chi connectivity index (χ4n) is 3.71. The first-order valence-corrected chi connectivity index (χ1v) is 10.7. The predicted octanol–water partition coefficient (Wildman–Crippen LogP) is 3.57. The molecule has 0 aliphatic carbocycles. The number of nitrogens with one attached hydrogen (secondary N) is 2. The summed E-state index contributed by atoms with van der Waals surface area (Å²) in [4.78, 5) is 36.1. The second-order valence-corrected chi connectivity index (χ2v) is 7.84. The summed E-state index contributed by atoms with van der Waals surface area (Å²) in [7, 11) is 3.94. The van der Waals surface area contributed by atoms with Gasteiger partial charge in [0, 0.05) is 62.4 Å². The van der Waals surface area contributed by atoms with Crippen molar-refractivity contribution in [3.8, 4) is 0 Å². The van der Waals surface area contributed by atoms with E-state index >= 15 is 0 Å². The Bertz CT molecular complexity index is 1270. The number of carbonyl (C=O) groups excluding carboxylic acids is 2. The molecule has 2 aromatic carbocycles. The van der Waals surface area contributed by atoms with Gasteiger partial charge in [0.15, 0.2) is 5.69 Å². The Morgan fingerprint density at radius 3 is 2.55 bits per heavy atom. The lowest BCUT2D eigenvalue weighted by atomic mass is 10.0. The topological polar surface area (TPSA) is 92.1 Å². The molecule has 0 fully saturated rings. The van der Waals surface area contributed by atoms with Crippen LogP contribution in [-0.4, -0.2) is 47.0 Å². The number of benzene rings is 2. The summed E-state index contributed by atoms with van der Waals surface area (Å²) < 4.78 is 1.95. The fourth-order valence-corrected chi connectivity index (χ4v) is 3.71. The van der Waals surface area contributed by atoms with E-state index < -0.39 is 0 Å². The van der Waals surface area contributed by atoms with Crippen LogP contribution < -0.4 is 15.5 Å². The predicted molar refractivity (Wildman–Crippen MR) is 130 cm³/mol. The summed E-state index contributed by atoms with van der Waals surface area (Å²) >= 11 is 0. The molecule has 2 heterocycles. The number of amides is 2. The summed E-state index contributed by atoms with van der Waals surface area (Å²) in [5.74, 6) is -0.622. The molecule has 33 heavy (non-hydrogen) atoms. The molecule has 4 aromatic rings. The van der Waals surface area contributed by atoms with Gasteiger partial charge in [-0.1, -0.05) is 24.3 Å². The molecule has 0 aliphatic rings. The summed E-state index contributed by atoms with van der Waals surface area (Å²) in [6, 6.07) is 14.9. The van der Waals surface area contributed by atoms with Crippen molar-refractivity contribution in [2.24, 2.45) is 0 Å². The van der Waals surface area contributed by atoms with E-state index in [4.69, 9.17) is 0 Å². The van der Waals surface area contributed by atoms with Gasteiger partial charge in [-0.3, -0.25) is 9.59 Å². The molecule has 0 saturated heterocycles. The van der Waals surface area contributed by atoms with Crippen molar-refractivity contribution in [2.45, 2.75) is 13.0 Å². The molecule has 0 radical (unpaired) electrons. The average molecular weight is 443 g/mol. The quantitative estimate of drug-likeness (QED) is 0.407. The monoisotopic (exact) mass is 442 g/mol. The van der Waals surface area contributed by atoms with Gasteiger partial charge in [0.2, 0.25) is 0 Å². The van der Waals surface area contributed by atoms with E-state index in [1.807, 2.05) is 60.1 Å². The third-order valence-electron chi connectivity index (χ3n) is 5.34. The molecule has 2 amide bonds. The van der Waals surface area contributed by atoms with Crippen LogP contribution in [0.15, 0.2) is 73.4 Å². The van der Waals surface area contributed by atoms with Crippen molar-refractivity contribution in [3.05, 3.63) is 84.7 Å². The number of anilines is 2. The minimum atomic E-state index is -0.329. The average Bonchev–Trinajstić information content (AvgIpc) is 3.34. The maximum atomic E-state index is 13.2. The molecule has 0 saturated carbocycles. The molecule has 8 heteroatoms. The molecule has 8 nitrogen and oxygen atoms in total. The highest BCUT2D eigenvalue weighted by atomic mass is 16.2. The van der Waals surface area contributed by atoms with Gasteiger partial charge >= 0.3 is 0 Å². The number of hydrogen-bond donors (Lipinski definition) is 2. The fraction of sp³-hybridized carbons (Fsp3) is 0.200. The third-order valence-corrected chi connectivity index (χ3v) is 5.34. The molecular formula is C25H26N6O2. The van der Waals surface area contributed by atoms with Crippen LogP contribution in [0.3, 0.4) is 0 Å². The van der Waals surface area contributed by atoms with Gasteiger partial charge in [-0.05, 0) is 36.1 Å². The number of aryl methyl sites for hydroxylation is 1. The molecule has 0 atom stereocenters.